The fraction of sp³-hybridized carbons (Fsp3) is 0.519. The standard InChI is InChI=1S/C27H37N5O3/c1-3-29-12-14-31(15-13-29)24-18-32(19-24)26-7-5-6-23(28-26)17-30(4-2)27(35)22(20-33)16-21-8-10-25(34)11-9-21/h5-11,20,22,24,34H,3-4,12-19H2,1-2H3. The van der Waals surface area contributed by atoms with E-state index < -0.39 is 5.92 Å². The number of phenols is 1. The SMILES string of the molecule is CCN1CCN(C2CN(c3cccc(CN(CC)C(=O)C(C=O)Cc4ccc(O)cc4)n3)C2)CC1. The first-order valence-corrected chi connectivity index (χ1v) is 12.7. The molecule has 8 heteroatoms. The number of amides is 1. The maximum atomic E-state index is 13.1. The highest BCUT2D eigenvalue weighted by Gasteiger charge is 2.34. The highest BCUT2D eigenvalue weighted by molar-refractivity contribution is 5.92. The van der Waals surface area contributed by atoms with E-state index in [9.17, 15) is 14.7 Å². The average Bonchev–Trinajstić information content (AvgIpc) is 2.86. The second-order valence-corrected chi connectivity index (χ2v) is 9.48. The zero-order valence-electron chi connectivity index (χ0n) is 20.8. The van der Waals surface area contributed by atoms with Crippen LogP contribution in [0.25, 0.3) is 0 Å². The second-order valence-electron chi connectivity index (χ2n) is 9.48. The quantitative estimate of drug-likeness (QED) is 0.413. The van der Waals surface area contributed by atoms with Crippen LogP contribution < -0.4 is 4.90 Å². The number of rotatable bonds is 10. The fourth-order valence-electron chi connectivity index (χ4n) is 4.90. The summed E-state index contributed by atoms with van der Waals surface area (Å²) >= 11 is 0. The molecule has 2 aromatic rings. The Morgan fingerprint density at radius 3 is 2.46 bits per heavy atom. The Balaban J connectivity index is 1.33. The Bertz CT molecular complexity index is 985. The van der Waals surface area contributed by atoms with E-state index in [4.69, 9.17) is 4.98 Å². The number of hydrogen-bond donors (Lipinski definition) is 1. The molecule has 1 amide bonds. The lowest BCUT2D eigenvalue weighted by atomic mass is 9.99. The molecule has 1 N–H and O–H groups in total. The predicted molar refractivity (Wildman–Crippen MR) is 136 cm³/mol. The van der Waals surface area contributed by atoms with Crippen molar-refractivity contribution in [2.24, 2.45) is 5.92 Å². The lowest BCUT2D eigenvalue weighted by Crippen LogP contribution is -2.63. The molecule has 1 aromatic carbocycles. The smallest absolute Gasteiger partial charge is 0.233 e. The first kappa shape index (κ1) is 25.1. The van der Waals surface area contributed by atoms with E-state index >= 15 is 0 Å². The minimum atomic E-state index is -0.757. The summed E-state index contributed by atoms with van der Waals surface area (Å²) in [5.41, 5.74) is 1.67. The van der Waals surface area contributed by atoms with Crippen molar-refractivity contribution in [1.29, 1.82) is 0 Å². The fourth-order valence-corrected chi connectivity index (χ4v) is 4.90. The van der Waals surface area contributed by atoms with Crippen LogP contribution in [0.15, 0.2) is 42.5 Å². The van der Waals surface area contributed by atoms with E-state index in [1.807, 2.05) is 25.1 Å². The topological polar surface area (TPSA) is 80.2 Å². The molecule has 0 aliphatic carbocycles. The molecule has 3 heterocycles. The van der Waals surface area contributed by atoms with Crippen molar-refractivity contribution in [2.45, 2.75) is 32.9 Å². The maximum absolute atomic E-state index is 13.1. The van der Waals surface area contributed by atoms with Crippen LogP contribution in [0.3, 0.4) is 0 Å². The van der Waals surface area contributed by atoms with Crippen LogP contribution in [0, 0.1) is 5.92 Å². The van der Waals surface area contributed by atoms with Gasteiger partial charge >= 0.3 is 0 Å². The zero-order chi connectivity index (χ0) is 24.8. The minimum Gasteiger partial charge on any atom is -0.508 e. The summed E-state index contributed by atoms with van der Waals surface area (Å²) in [6.07, 6.45) is 1.04. The van der Waals surface area contributed by atoms with Gasteiger partial charge in [-0.15, -0.1) is 0 Å². The van der Waals surface area contributed by atoms with Crippen molar-refractivity contribution in [3.8, 4) is 5.75 Å². The number of phenolic OH excluding ortho intramolecular Hbond substituents is 1. The average molecular weight is 480 g/mol. The Labute approximate surface area is 208 Å². The van der Waals surface area contributed by atoms with Gasteiger partial charge < -0.3 is 24.6 Å². The van der Waals surface area contributed by atoms with Crippen molar-refractivity contribution in [1.82, 2.24) is 19.7 Å². The monoisotopic (exact) mass is 479 g/mol. The summed E-state index contributed by atoms with van der Waals surface area (Å²) in [4.78, 5) is 38.8. The van der Waals surface area contributed by atoms with Gasteiger partial charge in [0, 0.05) is 51.9 Å². The number of carbonyl (C=O) groups excluding carboxylic acids is 2. The first-order chi connectivity index (χ1) is 17.0. The molecule has 0 spiro atoms. The molecular weight excluding hydrogens is 442 g/mol. The number of likely N-dealkylation sites (N-methyl/N-ethyl adjacent to an activating group) is 1. The molecule has 0 bridgehead atoms. The van der Waals surface area contributed by atoms with Gasteiger partial charge in [0.2, 0.25) is 5.91 Å². The third-order valence-electron chi connectivity index (χ3n) is 7.27. The Kier molecular flexibility index (Phi) is 8.36. The van der Waals surface area contributed by atoms with Crippen LogP contribution in [0.5, 0.6) is 5.75 Å². The van der Waals surface area contributed by atoms with Crippen molar-refractivity contribution in [3.05, 3.63) is 53.7 Å². The number of anilines is 1. The van der Waals surface area contributed by atoms with Gasteiger partial charge in [0.25, 0.3) is 0 Å². The van der Waals surface area contributed by atoms with E-state index in [0.29, 0.717) is 25.6 Å². The van der Waals surface area contributed by atoms with Gasteiger partial charge in [0.05, 0.1) is 18.2 Å². The van der Waals surface area contributed by atoms with Gasteiger partial charge in [0.1, 0.15) is 17.9 Å². The minimum absolute atomic E-state index is 0.163. The molecule has 2 aliphatic rings. The molecule has 8 nitrogen and oxygen atoms in total. The number of nitrogens with zero attached hydrogens (tertiary/aromatic N) is 5. The van der Waals surface area contributed by atoms with Crippen LogP contribution in [-0.4, -0.2) is 95.4 Å². The molecular formula is C27H37N5O3. The Hall–Kier alpha value is -2.97. The Morgan fingerprint density at radius 1 is 1.11 bits per heavy atom. The molecule has 4 rings (SSSR count). The summed E-state index contributed by atoms with van der Waals surface area (Å²) in [6.45, 7) is 12.7. The zero-order valence-corrected chi connectivity index (χ0v) is 20.8. The largest absolute Gasteiger partial charge is 0.508 e. The number of pyridine rings is 1. The highest BCUT2D eigenvalue weighted by Crippen LogP contribution is 2.24. The molecule has 0 radical (unpaired) electrons. The normalized spacial score (nSPS) is 18.2. The van der Waals surface area contributed by atoms with Gasteiger partial charge in [-0.1, -0.05) is 25.1 Å². The number of aromatic nitrogens is 1. The molecule has 188 valence electrons. The number of hydrogen-bond acceptors (Lipinski definition) is 7. The third kappa shape index (κ3) is 6.18. The molecule has 2 aliphatic heterocycles. The number of carbonyl (C=O) groups is 2. The predicted octanol–water partition coefficient (Wildman–Crippen LogP) is 2.02. The summed E-state index contributed by atoms with van der Waals surface area (Å²) in [5.74, 6) is 0.159. The van der Waals surface area contributed by atoms with E-state index in [0.717, 1.165) is 69.2 Å². The van der Waals surface area contributed by atoms with Crippen LogP contribution in [0.2, 0.25) is 0 Å². The van der Waals surface area contributed by atoms with Crippen LogP contribution in [0.1, 0.15) is 25.1 Å². The van der Waals surface area contributed by atoms with Gasteiger partial charge in [-0.3, -0.25) is 9.69 Å². The van der Waals surface area contributed by atoms with Crippen molar-refractivity contribution in [3.63, 3.8) is 0 Å². The maximum Gasteiger partial charge on any atom is 0.233 e. The van der Waals surface area contributed by atoms with Gasteiger partial charge in [-0.05, 0) is 49.7 Å². The lowest BCUT2D eigenvalue weighted by molar-refractivity contribution is -0.138. The summed E-state index contributed by atoms with van der Waals surface area (Å²) in [5, 5.41) is 9.47. The molecule has 1 aromatic heterocycles. The number of aldehydes is 1. The van der Waals surface area contributed by atoms with Gasteiger partial charge in [-0.25, -0.2) is 4.98 Å². The molecule has 2 fully saturated rings. The third-order valence-corrected chi connectivity index (χ3v) is 7.27. The molecule has 2 saturated heterocycles. The summed E-state index contributed by atoms with van der Waals surface area (Å²) in [7, 11) is 0. The number of piperazine rings is 1. The van der Waals surface area contributed by atoms with Crippen LogP contribution >= 0.6 is 0 Å². The van der Waals surface area contributed by atoms with Gasteiger partial charge in [0.15, 0.2) is 0 Å². The second kappa shape index (κ2) is 11.6. The molecule has 0 saturated carbocycles. The highest BCUT2D eigenvalue weighted by atomic mass is 16.3. The first-order valence-electron chi connectivity index (χ1n) is 12.7. The van der Waals surface area contributed by atoms with E-state index in [1.165, 1.54) is 0 Å². The molecule has 35 heavy (non-hydrogen) atoms. The van der Waals surface area contributed by atoms with Gasteiger partial charge in [-0.2, -0.15) is 0 Å². The van der Waals surface area contributed by atoms with Crippen molar-refractivity contribution >= 4 is 18.0 Å². The Morgan fingerprint density at radius 2 is 1.83 bits per heavy atom. The molecule has 1 atom stereocenters. The summed E-state index contributed by atoms with van der Waals surface area (Å²) < 4.78 is 0. The van der Waals surface area contributed by atoms with Crippen molar-refractivity contribution in [2.75, 3.05) is 57.3 Å². The number of benzene rings is 1. The number of aromatic hydroxyl groups is 1. The van der Waals surface area contributed by atoms with Crippen molar-refractivity contribution < 1.29 is 14.7 Å². The van der Waals surface area contributed by atoms with Crippen LogP contribution in [0.4, 0.5) is 5.82 Å². The molecule has 1 unspecified atom stereocenters. The van der Waals surface area contributed by atoms with E-state index in [2.05, 4.69) is 21.6 Å². The summed E-state index contributed by atoms with van der Waals surface area (Å²) in [6, 6.07) is 13.2. The van der Waals surface area contributed by atoms with E-state index in [1.54, 1.807) is 29.2 Å². The lowest BCUT2D eigenvalue weighted by Gasteiger charge is -2.48. The van der Waals surface area contributed by atoms with Crippen LogP contribution in [-0.2, 0) is 22.6 Å². The van der Waals surface area contributed by atoms with E-state index in [-0.39, 0.29) is 11.7 Å².